The number of methoxy groups -OCH3 is 3. The van der Waals surface area contributed by atoms with E-state index in [9.17, 15) is 0 Å². The Balaban J connectivity index is 2.15. The summed E-state index contributed by atoms with van der Waals surface area (Å²) in [6.45, 7) is 12.6. The Labute approximate surface area is 180 Å². The van der Waals surface area contributed by atoms with E-state index in [2.05, 4.69) is 53.2 Å². The summed E-state index contributed by atoms with van der Waals surface area (Å²) in [7, 11) is 4.75. The van der Waals surface area contributed by atoms with Crippen molar-refractivity contribution in [1.82, 2.24) is 14.9 Å². The number of hydrogen-bond acceptors (Lipinski definition) is 8. The monoisotopic (exact) mass is 417 g/mol. The summed E-state index contributed by atoms with van der Waals surface area (Å²) in [5.41, 5.74) is 1.73. The summed E-state index contributed by atoms with van der Waals surface area (Å²) in [6.07, 6.45) is 1.80. The molecule has 0 atom stereocenters. The molecule has 0 saturated heterocycles. The minimum atomic E-state index is 0.488. The molecule has 0 radical (unpaired) electrons. The summed E-state index contributed by atoms with van der Waals surface area (Å²) in [5.74, 6) is 2.96. The summed E-state index contributed by atoms with van der Waals surface area (Å²) >= 11 is 0. The van der Waals surface area contributed by atoms with E-state index in [0.717, 1.165) is 30.2 Å². The molecule has 0 fully saturated rings. The molecule has 0 aliphatic heterocycles. The molecule has 0 bridgehead atoms. The number of anilines is 3. The second-order valence-electron chi connectivity index (χ2n) is 7.62. The van der Waals surface area contributed by atoms with Crippen molar-refractivity contribution in [1.29, 1.82) is 0 Å². The van der Waals surface area contributed by atoms with Crippen LogP contribution >= 0.6 is 0 Å². The lowest BCUT2D eigenvalue weighted by Crippen LogP contribution is -2.40. The number of rotatable bonds is 11. The molecule has 0 aliphatic rings. The van der Waals surface area contributed by atoms with Crippen molar-refractivity contribution in [2.45, 2.75) is 46.7 Å². The maximum absolute atomic E-state index is 5.41. The first kappa shape index (κ1) is 23.5. The fourth-order valence-corrected chi connectivity index (χ4v) is 3.38. The van der Waals surface area contributed by atoms with E-state index in [-0.39, 0.29) is 0 Å². The normalized spacial score (nSPS) is 11.2. The second kappa shape index (κ2) is 10.9. The van der Waals surface area contributed by atoms with Crippen LogP contribution in [0.2, 0.25) is 0 Å². The SMILES string of the molecule is COc1cc(Nc2ncc(C)c(NCCN(C(C)C)C(C)C)n2)cc(OC)c1OC. The predicted octanol–water partition coefficient (Wildman–Crippen LogP) is 4.09. The van der Waals surface area contributed by atoms with Crippen LogP contribution in [0.3, 0.4) is 0 Å². The van der Waals surface area contributed by atoms with Crippen molar-refractivity contribution >= 4 is 17.5 Å². The Morgan fingerprint density at radius 3 is 2.07 bits per heavy atom. The van der Waals surface area contributed by atoms with Gasteiger partial charge in [-0.05, 0) is 34.6 Å². The van der Waals surface area contributed by atoms with E-state index >= 15 is 0 Å². The fraction of sp³-hybridized carbons (Fsp3) is 0.545. The molecule has 2 N–H and O–H groups in total. The first-order chi connectivity index (χ1) is 14.3. The lowest BCUT2D eigenvalue weighted by Gasteiger charge is -2.30. The highest BCUT2D eigenvalue weighted by atomic mass is 16.5. The molecule has 0 amide bonds. The number of nitrogens with one attached hydrogen (secondary N) is 2. The van der Waals surface area contributed by atoms with Crippen LogP contribution in [0.5, 0.6) is 17.2 Å². The van der Waals surface area contributed by atoms with Crippen molar-refractivity contribution < 1.29 is 14.2 Å². The largest absolute Gasteiger partial charge is 0.493 e. The topological polar surface area (TPSA) is 80.8 Å². The van der Waals surface area contributed by atoms with E-state index in [1.165, 1.54) is 0 Å². The van der Waals surface area contributed by atoms with Crippen molar-refractivity contribution in [2.24, 2.45) is 0 Å². The summed E-state index contributed by atoms with van der Waals surface area (Å²) in [6, 6.07) is 4.63. The average molecular weight is 418 g/mol. The van der Waals surface area contributed by atoms with Gasteiger partial charge in [-0.3, -0.25) is 4.90 Å². The summed E-state index contributed by atoms with van der Waals surface area (Å²) < 4.78 is 16.2. The van der Waals surface area contributed by atoms with Crippen molar-refractivity contribution in [3.8, 4) is 17.2 Å². The third kappa shape index (κ3) is 5.89. The van der Waals surface area contributed by atoms with Crippen LogP contribution in [0.1, 0.15) is 33.3 Å². The van der Waals surface area contributed by atoms with E-state index in [1.54, 1.807) is 27.5 Å². The van der Waals surface area contributed by atoms with Gasteiger partial charge in [0.25, 0.3) is 0 Å². The number of hydrogen-bond donors (Lipinski definition) is 2. The third-order valence-electron chi connectivity index (χ3n) is 4.88. The van der Waals surface area contributed by atoms with Crippen LogP contribution in [0.15, 0.2) is 18.3 Å². The molecule has 8 nitrogen and oxygen atoms in total. The Morgan fingerprint density at radius 2 is 1.57 bits per heavy atom. The Bertz CT molecular complexity index is 793. The zero-order valence-electron chi connectivity index (χ0n) is 19.4. The van der Waals surface area contributed by atoms with Gasteiger partial charge in [0.05, 0.1) is 21.3 Å². The van der Waals surface area contributed by atoms with Gasteiger partial charge in [0.2, 0.25) is 11.7 Å². The Morgan fingerprint density at radius 1 is 0.967 bits per heavy atom. The molecular formula is C22H35N5O3. The molecule has 1 aromatic carbocycles. The van der Waals surface area contributed by atoms with Crippen molar-refractivity contribution in [2.75, 3.05) is 45.1 Å². The molecular weight excluding hydrogens is 382 g/mol. The van der Waals surface area contributed by atoms with E-state index < -0.39 is 0 Å². The highest BCUT2D eigenvalue weighted by Gasteiger charge is 2.15. The lowest BCUT2D eigenvalue weighted by atomic mass is 10.2. The first-order valence-corrected chi connectivity index (χ1v) is 10.2. The lowest BCUT2D eigenvalue weighted by molar-refractivity contribution is 0.182. The molecule has 1 aromatic heterocycles. The van der Waals surface area contributed by atoms with Gasteiger partial charge in [-0.1, -0.05) is 0 Å². The molecule has 0 aliphatic carbocycles. The number of nitrogens with zero attached hydrogens (tertiary/aromatic N) is 3. The first-order valence-electron chi connectivity index (χ1n) is 10.2. The van der Waals surface area contributed by atoms with Crippen molar-refractivity contribution in [3.05, 3.63) is 23.9 Å². The number of benzene rings is 1. The smallest absolute Gasteiger partial charge is 0.229 e. The summed E-state index contributed by atoms with van der Waals surface area (Å²) in [5, 5.41) is 6.66. The number of aryl methyl sites for hydroxylation is 1. The zero-order chi connectivity index (χ0) is 22.3. The van der Waals surface area contributed by atoms with Gasteiger partial charge in [-0.2, -0.15) is 4.98 Å². The molecule has 166 valence electrons. The molecule has 8 heteroatoms. The number of ether oxygens (including phenoxy) is 3. The van der Waals surface area contributed by atoms with Crippen LogP contribution < -0.4 is 24.8 Å². The van der Waals surface area contributed by atoms with Crippen LogP contribution in [0.25, 0.3) is 0 Å². The summed E-state index contributed by atoms with van der Waals surface area (Å²) in [4.78, 5) is 11.5. The van der Waals surface area contributed by atoms with Crippen LogP contribution in [0.4, 0.5) is 17.5 Å². The predicted molar refractivity (Wildman–Crippen MR) is 122 cm³/mol. The van der Waals surface area contributed by atoms with Crippen molar-refractivity contribution in [3.63, 3.8) is 0 Å². The Hall–Kier alpha value is -2.74. The number of aromatic nitrogens is 2. The fourth-order valence-electron chi connectivity index (χ4n) is 3.38. The second-order valence-corrected chi connectivity index (χ2v) is 7.62. The van der Waals surface area contributed by atoms with Gasteiger partial charge in [0, 0.05) is 54.8 Å². The maximum atomic E-state index is 5.41. The molecule has 2 rings (SSSR count). The van der Waals surface area contributed by atoms with Gasteiger partial charge >= 0.3 is 0 Å². The quantitative estimate of drug-likeness (QED) is 0.566. The van der Waals surface area contributed by atoms with Gasteiger partial charge in [0.15, 0.2) is 11.5 Å². The van der Waals surface area contributed by atoms with E-state index in [0.29, 0.717) is 35.3 Å². The third-order valence-corrected chi connectivity index (χ3v) is 4.88. The standard InChI is InChI=1S/C22H35N5O3/c1-14(2)27(15(3)4)10-9-23-21-16(5)13-24-22(26-21)25-17-11-18(28-6)20(30-8)19(12-17)29-7/h11-15H,9-10H2,1-8H3,(H2,23,24,25,26). The molecule has 2 aromatic rings. The molecule has 1 heterocycles. The highest BCUT2D eigenvalue weighted by Crippen LogP contribution is 2.40. The van der Waals surface area contributed by atoms with Crippen LogP contribution in [-0.2, 0) is 0 Å². The molecule has 0 spiro atoms. The highest BCUT2D eigenvalue weighted by molar-refractivity contribution is 5.66. The maximum Gasteiger partial charge on any atom is 0.229 e. The van der Waals surface area contributed by atoms with Gasteiger partial charge in [-0.25, -0.2) is 4.98 Å². The Kier molecular flexibility index (Phi) is 8.53. The minimum Gasteiger partial charge on any atom is -0.493 e. The van der Waals surface area contributed by atoms with Gasteiger partial charge in [-0.15, -0.1) is 0 Å². The average Bonchev–Trinajstić information content (AvgIpc) is 2.71. The zero-order valence-corrected chi connectivity index (χ0v) is 19.4. The van der Waals surface area contributed by atoms with Crippen LogP contribution in [0, 0.1) is 6.92 Å². The molecule has 0 unspecified atom stereocenters. The van der Waals surface area contributed by atoms with Gasteiger partial charge < -0.3 is 24.8 Å². The molecule has 0 saturated carbocycles. The van der Waals surface area contributed by atoms with Crippen LogP contribution in [-0.4, -0.2) is 61.4 Å². The van der Waals surface area contributed by atoms with E-state index in [1.807, 2.05) is 19.1 Å². The minimum absolute atomic E-state index is 0.488. The van der Waals surface area contributed by atoms with Gasteiger partial charge in [0.1, 0.15) is 5.82 Å². The molecule has 30 heavy (non-hydrogen) atoms. The van der Waals surface area contributed by atoms with E-state index in [4.69, 9.17) is 14.2 Å².